The number of benzene rings is 1. The number of rotatable bonds is 5. The summed E-state index contributed by atoms with van der Waals surface area (Å²) in [4.78, 5) is 2.57. The van der Waals surface area contributed by atoms with Gasteiger partial charge in [0.2, 0.25) is 0 Å². The summed E-state index contributed by atoms with van der Waals surface area (Å²) < 4.78 is 0. The SMILES string of the molecule is CCCN(Cc1cccc(C#N)c1)C1CCC(N)CC1. The summed E-state index contributed by atoms with van der Waals surface area (Å²) in [7, 11) is 0. The first-order valence-corrected chi connectivity index (χ1v) is 7.71. The van der Waals surface area contributed by atoms with Crippen molar-refractivity contribution < 1.29 is 0 Å². The van der Waals surface area contributed by atoms with Crippen LogP contribution in [-0.2, 0) is 6.54 Å². The van der Waals surface area contributed by atoms with Gasteiger partial charge in [-0.1, -0.05) is 19.1 Å². The van der Waals surface area contributed by atoms with Crippen LogP contribution in [0.25, 0.3) is 0 Å². The highest BCUT2D eigenvalue weighted by Gasteiger charge is 2.23. The highest BCUT2D eigenvalue weighted by molar-refractivity contribution is 5.32. The minimum absolute atomic E-state index is 0.400. The molecule has 1 aliphatic carbocycles. The standard InChI is InChI=1S/C17H25N3/c1-2-10-20(17-8-6-16(19)7-9-17)13-15-5-3-4-14(11-15)12-18/h3-5,11,16-17H,2,6-10,13,19H2,1H3. The second-order valence-corrected chi connectivity index (χ2v) is 5.85. The fourth-order valence-electron chi connectivity index (χ4n) is 3.12. The van der Waals surface area contributed by atoms with E-state index in [-0.39, 0.29) is 0 Å². The van der Waals surface area contributed by atoms with Gasteiger partial charge in [0.15, 0.2) is 0 Å². The van der Waals surface area contributed by atoms with Crippen LogP contribution in [0.15, 0.2) is 24.3 Å². The summed E-state index contributed by atoms with van der Waals surface area (Å²) >= 11 is 0. The van der Waals surface area contributed by atoms with Gasteiger partial charge < -0.3 is 5.73 Å². The van der Waals surface area contributed by atoms with Gasteiger partial charge in [0.1, 0.15) is 0 Å². The van der Waals surface area contributed by atoms with Gasteiger partial charge in [-0.2, -0.15) is 5.26 Å². The van der Waals surface area contributed by atoms with Crippen LogP contribution in [0.4, 0.5) is 0 Å². The van der Waals surface area contributed by atoms with Crippen molar-refractivity contribution in [3.63, 3.8) is 0 Å². The average Bonchev–Trinajstić information content (AvgIpc) is 2.48. The van der Waals surface area contributed by atoms with E-state index >= 15 is 0 Å². The third-order valence-electron chi connectivity index (χ3n) is 4.21. The van der Waals surface area contributed by atoms with Gasteiger partial charge in [0, 0.05) is 18.6 Å². The molecule has 3 nitrogen and oxygen atoms in total. The molecule has 2 N–H and O–H groups in total. The Morgan fingerprint density at radius 2 is 2.05 bits per heavy atom. The molecule has 1 aromatic carbocycles. The van der Waals surface area contributed by atoms with Crippen LogP contribution in [0, 0.1) is 11.3 Å². The molecule has 0 amide bonds. The van der Waals surface area contributed by atoms with E-state index < -0.39 is 0 Å². The largest absolute Gasteiger partial charge is 0.328 e. The normalized spacial score (nSPS) is 22.7. The maximum absolute atomic E-state index is 9.00. The van der Waals surface area contributed by atoms with Crippen LogP contribution < -0.4 is 5.73 Å². The first kappa shape index (κ1) is 15.0. The zero-order valence-electron chi connectivity index (χ0n) is 12.4. The summed E-state index contributed by atoms with van der Waals surface area (Å²) in [5.41, 5.74) is 8.00. The first-order valence-electron chi connectivity index (χ1n) is 7.71. The van der Waals surface area contributed by atoms with Crippen molar-refractivity contribution in [1.29, 1.82) is 5.26 Å². The van der Waals surface area contributed by atoms with Gasteiger partial charge in [-0.25, -0.2) is 0 Å². The van der Waals surface area contributed by atoms with Crippen molar-refractivity contribution in [2.75, 3.05) is 6.54 Å². The number of hydrogen-bond donors (Lipinski definition) is 1. The quantitative estimate of drug-likeness (QED) is 0.895. The van der Waals surface area contributed by atoms with Crippen LogP contribution >= 0.6 is 0 Å². The van der Waals surface area contributed by atoms with Crippen molar-refractivity contribution in [2.45, 2.75) is 57.7 Å². The maximum Gasteiger partial charge on any atom is 0.0991 e. The van der Waals surface area contributed by atoms with E-state index in [0.717, 1.165) is 31.5 Å². The molecule has 0 atom stereocenters. The van der Waals surface area contributed by atoms with Crippen LogP contribution in [0.1, 0.15) is 50.2 Å². The molecule has 0 aromatic heterocycles. The summed E-state index contributed by atoms with van der Waals surface area (Å²) in [6.45, 7) is 4.30. The first-order chi connectivity index (χ1) is 9.72. The van der Waals surface area contributed by atoms with E-state index in [2.05, 4.69) is 24.0 Å². The Balaban J connectivity index is 2.03. The van der Waals surface area contributed by atoms with Crippen LogP contribution in [0.5, 0.6) is 0 Å². The minimum Gasteiger partial charge on any atom is -0.328 e. The molecular weight excluding hydrogens is 246 g/mol. The second-order valence-electron chi connectivity index (χ2n) is 5.85. The van der Waals surface area contributed by atoms with E-state index in [9.17, 15) is 0 Å². The number of nitrogens with two attached hydrogens (primary N) is 1. The highest BCUT2D eigenvalue weighted by atomic mass is 15.2. The average molecular weight is 271 g/mol. The molecule has 1 aromatic rings. The van der Waals surface area contributed by atoms with E-state index in [0.29, 0.717) is 12.1 Å². The third-order valence-corrected chi connectivity index (χ3v) is 4.21. The Morgan fingerprint density at radius 1 is 1.30 bits per heavy atom. The van der Waals surface area contributed by atoms with Gasteiger partial charge in [-0.05, 0) is 56.3 Å². The molecule has 20 heavy (non-hydrogen) atoms. The van der Waals surface area contributed by atoms with Gasteiger partial charge >= 0.3 is 0 Å². The fraction of sp³-hybridized carbons (Fsp3) is 0.588. The van der Waals surface area contributed by atoms with E-state index in [1.54, 1.807) is 0 Å². The monoisotopic (exact) mass is 271 g/mol. The van der Waals surface area contributed by atoms with E-state index in [1.807, 2.05) is 18.2 Å². The number of nitriles is 1. The molecular formula is C17H25N3. The molecule has 1 saturated carbocycles. The van der Waals surface area contributed by atoms with Gasteiger partial charge in [0.05, 0.1) is 11.6 Å². The molecule has 2 rings (SSSR count). The van der Waals surface area contributed by atoms with Crippen molar-refractivity contribution in [1.82, 2.24) is 4.90 Å². The van der Waals surface area contributed by atoms with Crippen molar-refractivity contribution in [2.24, 2.45) is 5.73 Å². The second kappa shape index (κ2) is 7.42. The van der Waals surface area contributed by atoms with Crippen LogP contribution in [0.3, 0.4) is 0 Å². The lowest BCUT2D eigenvalue weighted by Gasteiger charge is -2.36. The van der Waals surface area contributed by atoms with Gasteiger partial charge in [-0.3, -0.25) is 4.90 Å². The van der Waals surface area contributed by atoms with Gasteiger partial charge in [-0.15, -0.1) is 0 Å². The minimum atomic E-state index is 0.400. The summed E-state index contributed by atoms with van der Waals surface area (Å²) in [5.74, 6) is 0. The van der Waals surface area contributed by atoms with Gasteiger partial charge in [0.25, 0.3) is 0 Å². The molecule has 0 heterocycles. The summed E-state index contributed by atoms with van der Waals surface area (Å²) in [5, 5.41) is 9.00. The molecule has 0 spiro atoms. The molecule has 0 radical (unpaired) electrons. The smallest absolute Gasteiger partial charge is 0.0991 e. The lowest BCUT2D eigenvalue weighted by atomic mass is 9.90. The Hall–Kier alpha value is -1.37. The predicted molar refractivity (Wildman–Crippen MR) is 82.1 cm³/mol. The Morgan fingerprint density at radius 3 is 2.70 bits per heavy atom. The molecule has 3 heteroatoms. The van der Waals surface area contributed by atoms with E-state index in [1.165, 1.54) is 24.8 Å². The molecule has 0 unspecified atom stereocenters. The van der Waals surface area contributed by atoms with Crippen molar-refractivity contribution >= 4 is 0 Å². The maximum atomic E-state index is 9.00. The Labute approximate surface area is 122 Å². The zero-order valence-corrected chi connectivity index (χ0v) is 12.4. The molecule has 1 aliphatic rings. The Bertz CT molecular complexity index is 456. The number of hydrogen-bond acceptors (Lipinski definition) is 3. The third kappa shape index (κ3) is 4.06. The molecule has 0 aliphatic heterocycles. The lowest BCUT2D eigenvalue weighted by molar-refractivity contribution is 0.142. The van der Waals surface area contributed by atoms with Crippen LogP contribution in [0.2, 0.25) is 0 Å². The molecule has 0 saturated heterocycles. The molecule has 1 fully saturated rings. The number of nitrogens with zero attached hydrogens (tertiary/aromatic N) is 2. The van der Waals surface area contributed by atoms with Crippen molar-refractivity contribution in [3.05, 3.63) is 35.4 Å². The predicted octanol–water partition coefficient (Wildman–Crippen LogP) is 3.04. The topological polar surface area (TPSA) is 53.0 Å². The molecule has 0 bridgehead atoms. The fourth-order valence-corrected chi connectivity index (χ4v) is 3.12. The lowest BCUT2D eigenvalue weighted by Crippen LogP contribution is -2.40. The summed E-state index contributed by atoms with van der Waals surface area (Å²) in [6.07, 6.45) is 5.87. The van der Waals surface area contributed by atoms with Crippen LogP contribution in [-0.4, -0.2) is 23.5 Å². The zero-order chi connectivity index (χ0) is 14.4. The Kier molecular flexibility index (Phi) is 5.58. The highest BCUT2D eigenvalue weighted by Crippen LogP contribution is 2.24. The summed E-state index contributed by atoms with van der Waals surface area (Å²) in [6, 6.07) is 11.3. The molecule has 108 valence electrons. The van der Waals surface area contributed by atoms with E-state index in [4.69, 9.17) is 11.0 Å². The van der Waals surface area contributed by atoms with Crippen molar-refractivity contribution in [3.8, 4) is 6.07 Å².